The number of nitrogens with one attached hydrogen (secondary N) is 1. The Morgan fingerprint density at radius 3 is 2.90 bits per heavy atom. The third-order valence-corrected chi connectivity index (χ3v) is 3.87. The highest BCUT2D eigenvalue weighted by atomic mass is 16.5. The van der Waals surface area contributed by atoms with Crippen LogP contribution in [-0.4, -0.2) is 26.0 Å². The van der Waals surface area contributed by atoms with Gasteiger partial charge in [0.2, 0.25) is 5.89 Å². The fraction of sp³-hybridized carbons (Fsp3) is 0.643. The fourth-order valence-corrected chi connectivity index (χ4v) is 2.15. The van der Waals surface area contributed by atoms with E-state index in [2.05, 4.69) is 40.6 Å². The molecular weight excluding hydrogens is 254 g/mol. The van der Waals surface area contributed by atoms with E-state index in [1.165, 1.54) is 18.4 Å². The highest BCUT2D eigenvalue weighted by Crippen LogP contribution is 2.38. The van der Waals surface area contributed by atoms with E-state index in [4.69, 9.17) is 4.52 Å². The minimum Gasteiger partial charge on any atom is -0.338 e. The zero-order valence-corrected chi connectivity index (χ0v) is 12.2. The van der Waals surface area contributed by atoms with E-state index in [1.807, 2.05) is 17.8 Å². The summed E-state index contributed by atoms with van der Waals surface area (Å²) in [5, 5.41) is 11.8. The molecule has 0 aliphatic heterocycles. The van der Waals surface area contributed by atoms with Crippen molar-refractivity contribution < 1.29 is 4.52 Å². The molecule has 2 aromatic rings. The van der Waals surface area contributed by atoms with Crippen LogP contribution in [0.5, 0.6) is 0 Å². The Labute approximate surface area is 118 Å². The predicted molar refractivity (Wildman–Crippen MR) is 74.2 cm³/mol. The smallest absolute Gasteiger partial charge is 0.240 e. The molecule has 0 aromatic carbocycles. The third kappa shape index (κ3) is 2.90. The van der Waals surface area contributed by atoms with Crippen LogP contribution in [0.1, 0.15) is 55.9 Å². The largest absolute Gasteiger partial charge is 0.338 e. The first kappa shape index (κ1) is 13.3. The molecule has 0 spiro atoms. The van der Waals surface area contributed by atoms with Gasteiger partial charge < -0.3 is 9.84 Å². The lowest BCUT2D eigenvalue weighted by Gasteiger charge is -2.20. The van der Waals surface area contributed by atoms with Crippen molar-refractivity contribution in [3.05, 3.63) is 29.7 Å². The third-order valence-electron chi connectivity index (χ3n) is 3.87. The van der Waals surface area contributed by atoms with Crippen LogP contribution in [-0.2, 0) is 6.54 Å². The van der Waals surface area contributed by atoms with Crippen LogP contribution >= 0.6 is 0 Å². The lowest BCUT2D eigenvalue weighted by molar-refractivity contribution is 0.323. The Bertz CT molecular complexity index is 572. The molecule has 1 aliphatic rings. The van der Waals surface area contributed by atoms with Crippen LogP contribution < -0.4 is 5.32 Å². The number of aromatic nitrogens is 4. The lowest BCUT2D eigenvalue weighted by atomic mass is 10.2. The molecule has 0 radical (unpaired) electrons. The first-order valence-corrected chi connectivity index (χ1v) is 7.20. The SMILES string of the molecule is Cc1cnn([C@H](C)[C@H](C)NCc2nc(C3CC3)no2)c1. The predicted octanol–water partition coefficient (Wildman–Crippen LogP) is 2.19. The Balaban J connectivity index is 1.53. The van der Waals surface area contributed by atoms with E-state index in [9.17, 15) is 0 Å². The van der Waals surface area contributed by atoms with Gasteiger partial charge in [0.25, 0.3) is 0 Å². The molecule has 1 aliphatic carbocycles. The van der Waals surface area contributed by atoms with Crippen molar-refractivity contribution >= 4 is 0 Å². The van der Waals surface area contributed by atoms with Gasteiger partial charge in [-0.3, -0.25) is 4.68 Å². The molecule has 2 atom stereocenters. The molecule has 2 aromatic heterocycles. The second kappa shape index (κ2) is 5.36. The van der Waals surface area contributed by atoms with E-state index in [1.54, 1.807) is 0 Å². The molecule has 1 fully saturated rings. The van der Waals surface area contributed by atoms with Crippen LogP contribution in [0.2, 0.25) is 0 Å². The van der Waals surface area contributed by atoms with Crippen molar-refractivity contribution in [2.24, 2.45) is 0 Å². The van der Waals surface area contributed by atoms with Gasteiger partial charge in [0.15, 0.2) is 5.82 Å². The maximum Gasteiger partial charge on any atom is 0.240 e. The summed E-state index contributed by atoms with van der Waals surface area (Å²) in [5.41, 5.74) is 1.18. The fourth-order valence-electron chi connectivity index (χ4n) is 2.15. The van der Waals surface area contributed by atoms with Gasteiger partial charge in [-0.25, -0.2) is 0 Å². The van der Waals surface area contributed by atoms with Gasteiger partial charge in [-0.05, 0) is 39.2 Å². The molecular formula is C14H21N5O. The number of aryl methyl sites for hydroxylation is 1. The van der Waals surface area contributed by atoms with Crippen LogP contribution in [0.15, 0.2) is 16.9 Å². The monoisotopic (exact) mass is 275 g/mol. The maximum absolute atomic E-state index is 5.26. The first-order chi connectivity index (χ1) is 9.63. The summed E-state index contributed by atoms with van der Waals surface area (Å²) < 4.78 is 7.24. The minimum atomic E-state index is 0.269. The minimum absolute atomic E-state index is 0.269. The van der Waals surface area contributed by atoms with Crippen LogP contribution in [0, 0.1) is 6.92 Å². The maximum atomic E-state index is 5.26. The van der Waals surface area contributed by atoms with Crippen LogP contribution in [0.3, 0.4) is 0 Å². The summed E-state index contributed by atoms with van der Waals surface area (Å²) in [6.45, 7) is 6.94. The van der Waals surface area contributed by atoms with Crippen molar-refractivity contribution in [2.75, 3.05) is 0 Å². The molecule has 1 saturated carbocycles. The summed E-state index contributed by atoms with van der Waals surface area (Å²) in [7, 11) is 0. The Morgan fingerprint density at radius 2 is 2.25 bits per heavy atom. The van der Waals surface area contributed by atoms with Crippen molar-refractivity contribution in [2.45, 2.75) is 58.2 Å². The van der Waals surface area contributed by atoms with E-state index in [0.717, 1.165) is 5.82 Å². The summed E-state index contributed by atoms with van der Waals surface area (Å²) in [6.07, 6.45) is 6.32. The normalized spacial score (nSPS) is 18.1. The van der Waals surface area contributed by atoms with Gasteiger partial charge in [-0.1, -0.05) is 5.16 Å². The molecule has 0 saturated heterocycles. The number of hydrogen-bond acceptors (Lipinski definition) is 5. The molecule has 3 rings (SSSR count). The van der Waals surface area contributed by atoms with E-state index in [-0.39, 0.29) is 12.1 Å². The zero-order chi connectivity index (χ0) is 14.1. The van der Waals surface area contributed by atoms with Gasteiger partial charge in [0.05, 0.1) is 18.8 Å². The molecule has 1 N–H and O–H groups in total. The first-order valence-electron chi connectivity index (χ1n) is 7.20. The van der Waals surface area contributed by atoms with Gasteiger partial charge in [-0.15, -0.1) is 0 Å². The Morgan fingerprint density at radius 1 is 1.45 bits per heavy atom. The van der Waals surface area contributed by atoms with Crippen molar-refractivity contribution in [1.29, 1.82) is 0 Å². The van der Waals surface area contributed by atoms with E-state index < -0.39 is 0 Å². The summed E-state index contributed by atoms with van der Waals surface area (Å²) in [6, 6.07) is 0.542. The van der Waals surface area contributed by atoms with Crippen LogP contribution in [0.4, 0.5) is 0 Å². The number of hydrogen-bond donors (Lipinski definition) is 1. The van der Waals surface area contributed by atoms with E-state index in [0.29, 0.717) is 18.4 Å². The zero-order valence-electron chi connectivity index (χ0n) is 12.2. The van der Waals surface area contributed by atoms with E-state index >= 15 is 0 Å². The topological polar surface area (TPSA) is 68.8 Å². The molecule has 0 unspecified atom stereocenters. The second-order valence-corrected chi connectivity index (χ2v) is 5.73. The highest BCUT2D eigenvalue weighted by Gasteiger charge is 2.28. The second-order valence-electron chi connectivity index (χ2n) is 5.73. The summed E-state index contributed by atoms with van der Waals surface area (Å²) in [5.74, 6) is 2.07. The lowest BCUT2D eigenvalue weighted by Crippen LogP contribution is -2.33. The summed E-state index contributed by atoms with van der Waals surface area (Å²) >= 11 is 0. The molecule has 108 valence electrons. The molecule has 6 nitrogen and oxygen atoms in total. The van der Waals surface area contributed by atoms with Crippen LogP contribution in [0.25, 0.3) is 0 Å². The average Bonchev–Trinajstić information content (AvgIpc) is 3.03. The Kier molecular flexibility index (Phi) is 3.56. The molecule has 0 bridgehead atoms. The quantitative estimate of drug-likeness (QED) is 0.875. The van der Waals surface area contributed by atoms with Gasteiger partial charge >= 0.3 is 0 Å². The molecule has 0 amide bonds. The summed E-state index contributed by atoms with van der Waals surface area (Å²) in [4.78, 5) is 4.42. The van der Waals surface area contributed by atoms with Gasteiger partial charge in [-0.2, -0.15) is 10.1 Å². The number of nitrogens with zero attached hydrogens (tertiary/aromatic N) is 4. The van der Waals surface area contributed by atoms with Crippen molar-refractivity contribution in [3.8, 4) is 0 Å². The standard InChI is InChI=1S/C14H21N5O/c1-9-6-16-19(8-9)11(3)10(2)15-7-13-17-14(18-20-13)12-4-5-12/h6,8,10-12,15H,4-5,7H2,1-3H3/t10-,11+/m0/s1. The van der Waals surface area contributed by atoms with Gasteiger partial charge in [0, 0.05) is 18.2 Å². The molecule has 20 heavy (non-hydrogen) atoms. The van der Waals surface area contributed by atoms with Crippen molar-refractivity contribution in [1.82, 2.24) is 25.2 Å². The van der Waals surface area contributed by atoms with Crippen molar-refractivity contribution in [3.63, 3.8) is 0 Å². The molecule has 2 heterocycles. The molecule has 6 heteroatoms. The van der Waals surface area contributed by atoms with Gasteiger partial charge in [0.1, 0.15) is 0 Å². The highest BCUT2D eigenvalue weighted by molar-refractivity contribution is 5.03. The number of rotatable bonds is 6. The average molecular weight is 275 g/mol. The Hall–Kier alpha value is -1.69.